The maximum Gasteiger partial charge on any atom is 0.410 e. The van der Waals surface area contributed by atoms with Gasteiger partial charge in [-0.3, -0.25) is 0 Å². The Labute approximate surface area is 194 Å². The van der Waals surface area contributed by atoms with E-state index in [1.165, 1.54) is 0 Å². The Kier molecular flexibility index (Phi) is 5.30. The van der Waals surface area contributed by atoms with E-state index in [0.717, 1.165) is 47.0 Å². The number of amides is 1. The van der Waals surface area contributed by atoms with Gasteiger partial charge in [-0.25, -0.2) is 4.79 Å². The molecule has 0 atom stereocenters. The quantitative estimate of drug-likeness (QED) is 0.644. The second-order valence-corrected chi connectivity index (χ2v) is 10.1. The van der Waals surface area contributed by atoms with Crippen LogP contribution in [0.2, 0.25) is 0 Å². The van der Waals surface area contributed by atoms with Crippen molar-refractivity contribution in [2.75, 3.05) is 26.7 Å². The topological polar surface area (TPSA) is 66.5 Å². The zero-order chi connectivity index (χ0) is 23.2. The maximum absolute atomic E-state index is 12.6. The largest absolute Gasteiger partial charge is 0.454 e. The molecule has 3 aliphatic rings. The molecule has 0 N–H and O–H groups in total. The Bertz CT molecular complexity index is 994. The molecule has 1 saturated heterocycles. The monoisotopic (exact) mass is 453 g/mol. The van der Waals surface area contributed by atoms with Gasteiger partial charge in [0, 0.05) is 18.5 Å². The number of hydrogen-bond acceptors (Lipinski definition) is 6. The van der Waals surface area contributed by atoms with Crippen LogP contribution < -0.4 is 18.9 Å². The van der Waals surface area contributed by atoms with Gasteiger partial charge in [0.25, 0.3) is 0 Å². The summed E-state index contributed by atoms with van der Waals surface area (Å²) in [5, 5.41) is 0. The van der Waals surface area contributed by atoms with Crippen molar-refractivity contribution in [1.29, 1.82) is 0 Å². The summed E-state index contributed by atoms with van der Waals surface area (Å²) in [4.78, 5) is 14.4. The SMILES string of the molecule is CC(C)(C)OC(=O)N1CCC(C(C)(c2ccc3c(c2)OCO3)c2ccc3c(c2)OCO3)CC1. The molecule has 1 fully saturated rings. The van der Waals surface area contributed by atoms with Crippen LogP contribution in [-0.4, -0.2) is 43.3 Å². The van der Waals surface area contributed by atoms with Gasteiger partial charge in [-0.15, -0.1) is 0 Å². The van der Waals surface area contributed by atoms with Gasteiger partial charge in [-0.05, 0) is 74.9 Å². The van der Waals surface area contributed by atoms with Crippen molar-refractivity contribution in [3.63, 3.8) is 0 Å². The van der Waals surface area contributed by atoms with Crippen molar-refractivity contribution < 1.29 is 28.5 Å². The van der Waals surface area contributed by atoms with Crippen molar-refractivity contribution in [2.45, 2.75) is 51.6 Å². The molecule has 0 radical (unpaired) electrons. The number of fused-ring (bicyclic) bond motifs is 2. The summed E-state index contributed by atoms with van der Waals surface area (Å²) in [5.41, 5.74) is 1.49. The predicted octanol–water partition coefficient (Wildman–Crippen LogP) is 5.10. The maximum atomic E-state index is 12.6. The zero-order valence-electron chi connectivity index (χ0n) is 19.7. The van der Waals surface area contributed by atoms with Crippen LogP contribution in [0.4, 0.5) is 4.79 Å². The minimum atomic E-state index is -0.499. The molecule has 7 nitrogen and oxygen atoms in total. The van der Waals surface area contributed by atoms with Crippen LogP contribution in [0.5, 0.6) is 23.0 Å². The van der Waals surface area contributed by atoms with Crippen LogP contribution in [0.25, 0.3) is 0 Å². The molecule has 0 aromatic heterocycles. The Morgan fingerprint density at radius 3 is 1.79 bits per heavy atom. The van der Waals surface area contributed by atoms with Crippen molar-refractivity contribution in [1.82, 2.24) is 4.90 Å². The predicted molar refractivity (Wildman–Crippen MR) is 122 cm³/mol. The number of benzene rings is 2. The van der Waals surface area contributed by atoms with Crippen LogP contribution in [0.3, 0.4) is 0 Å². The van der Waals surface area contributed by atoms with Crippen LogP contribution in [0.15, 0.2) is 36.4 Å². The summed E-state index contributed by atoms with van der Waals surface area (Å²) in [6.45, 7) is 9.77. The fourth-order valence-corrected chi connectivity index (χ4v) is 5.04. The molecule has 5 rings (SSSR count). The zero-order valence-corrected chi connectivity index (χ0v) is 19.7. The average Bonchev–Trinajstić information content (AvgIpc) is 3.45. The van der Waals surface area contributed by atoms with Gasteiger partial charge in [0.2, 0.25) is 13.6 Å². The summed E-state index contributed by atoms with van der Waals surface area (Å²) in [6, 6.07) is 12.4. The van der Waals surface area contributed by atoms with E-state index in [-0.39, 0.29) is 25.1 Å². The highest BCUT2D eigenvalue weighted by molar-refractivity contribution is 5.68. The molecule has 0 spiro atoms. The van der Waals surface area contributed by atoms with E-state index >= 15 is 0 Å². The standard InChI is InChI=1S/C26H31NO6/c1-25(2,3)33-24(28)27-11-9-17(10-12-27)26(4,18-5-7-20-22(13-18)31-15-29-20)19-6-8-21-23(14-19)32-16-30-21/h5-8,13-14,17H,9-12,15-16H2,1-4H3. The number of ether oxygens (including phenoxy) is 5. The smallest absolute Gasteiger partial charge is 0.410 e. The Morgan fingerprint density at radius 1 is 0.818 bits per heavy atom. The summed E-state index contributed by atoms with van der Waals surface area (Å²) in [5.74, 6) is 3.38. The minimum Gasteiger partial charge on any atom is -0.454 e. The molecule has 7 heteroatoms. The summed E-state index contributed by atoms with van der Waals surface area (Å²) in [6.07, 6.45) is 1.48. The molecule has 0 aliphatic carbocycles. The number of piperidine rings is 1. The summed E-state index contributed by atoms with van der Waals surface area (Å²) >= 11 is 0. The van der Waals surface area contributed by atoms with Gasteiger partial charge in [0.15, 0.2) is 23.0 Å². The molecular weight excluding hydrogens is 422 g/mol. The highest BCUT2D eigenvalue weighted by Crippen LogP contribution is 2.48. The lowest BCUT2D eigenvalue weighted by molar-refractivity contribution is 0.0160. The van der Waals surface area contributed by atoms with Gasteiger partial charge < -0.3 is 28.6 Å². The fraction of sp³-hybridized carbons (Fsp3) is 0.500. The molecule has 3 heterocycles. The van der Waals surface area contributed by atoms with E-state index in [1.54, 1.807) is 0 Å². The lowest BCUT2D eigenvalue weighted by atomic mass is 9.64. The van der Waals surface area contributed by atoms with Gasteiger partial charge in [-0.2, -0.15) is 0 Å². The molecule has 0 unspecified atom stereocenters. The number of rotatable bonds is 3. The van der Waals surface area contributed by atoms with Crippen molar-refractivity contribution >= 4 is 6.09 Å². The molecule has 3 aliphatic heterocycles. The van der Waals surface area contributed by atoms with Crippen molar-refractivity contribution in [3.8, 4) is 23.0 Å². The van der Waals surface area contributed by atoms with Crippen LogP contribution in [0, 0.1) is 5.92 Å². The van der Waals surface area contributed by atoms with E-state index in [0.29, 0.717) is 19.0 Å². The van der Waals surface area contributed by atoms with Crippen molar-refractivity contribution in [2.24, 2.45) is 5.92 Å². The number of likely N-dealkylation sites (tertiary alicyclic amines) is 1. The Hall–Kier alpha value is -3.09. The minimum absolute atomic E-state index is 0.242. The molecule has 0 bridgehead atoms. The third-order valence-corrected chi connectivity index (χ3v) is 6.91. The van der Waals surface area contributed by atoms with E-state index in [4.69, 9.17) is 23.7 Å². The van der Waals surface area contributed by atoms with Gasteiger partial charge in [-0.1, -0.05) is 19.1 Å². The molecule has 0 saturated carbocycles. The first-order valence-electron chi connectivity index (χ1n) is 11.5. The second kappa shape index (κ2) is 8.04. The molecule has 1 amide bonds. The normalized spacial score (nSPS) is 17.9. The van der Waals surface area contributed by atoms with Gasteiger partial charge >= 0.3 is 6.09 Å². The molecule has 2 aromatic carbocycles. The van der Waals surface area contributed by atoms with E-state index in [9.17, 15) is 4.79 Å². The average molecular weight is 454 g/mol. The number of carbonyl (C=O) groups is 1. The summed E-state index contributed by atoms with van der Waals surface area (Å²) < 4.78 is 28.1. The van der Waals surface area contributed by atoms with Gasteiger partial charge in [0.05, 0.1) is 0 Å². The Balaban J connectivity index is 1.46. The Morgan fingerprint density at radius 2 is 1.30 bits per heavy atom. The lowest BCUT2D eigenvalue weighted by Gasteiger charge is -2.43. The third-order valence-electron chi connectivity index (χ3n) is 6.91. The molecule has 176 valence electrons. The first kappa shape index (κ1) is 21.7. The number of nitrogens with zero attached hydrogens (tertiary/aromatic N) is 1. The second-order valence-electron chi connectivity index (χ2n) is 10.1. The van der Waals surface area contributed by atoms with E-state index < -0.39 is 5.60 Å². The first-order chi connectivity index (χ1) is 15.7. The van der Waals surface area contributed by atoms with E-state index in [2.05, 4.69) is 31.2 Å². The van der Waals surface area contributed by atoms with Crippen molar-refractivity contribution in [3.05, 3.63) is 47.5 Å². The fourth-order valence-electron chi connectivity index (χ4n) is 5.04. The molecule has 33 heavy (non-hydrogen) atoms. The first-order valence-corrected chi connectivity index (χ1v) is 11.5. The highest BCUT2D eigenvalue weighted by Gasteiger charge is 2.42. The number of hydrogen-bond donors (Lipinski definition) is 0. The van der Waals surface area contributed by atoms with E-state index in [1.807, 2.05) is 37.8 Å². The van der Waals surface area contributed by atoms with Crippen LogP contribution in [-0.2, 0) is 10.2 Å². The van der Waals surface area contributed by atoms with Gasteiger partial charge in [0.1, 0.15) is 5.60 Å². The summed E-state index contributed by atoms with van der Waals surface area (Å²) in [7, 11) is 0. The lowest BCUT2D eigenvalue weighted by Crippen LogP contribution is -2.46. The highest BCUT2D eigenvalue weighted by atomic mass is 16.7. The molecular formula is C26H31NO6. The van der Waals surface area contributed by atoms with Crippen LogP contribution >= 0.6 is 0 Å². The van der Waals surface area contributed by atoms with Crippen LogP contribution in [0.1, 0.15) is 51.7 Å². The number of carbonyl (C=O) groups excluding carboxylic acids is 1. The molecule has 2 aromatic rings. The third kappa shape index (κ3) is 4.05.